The first-order chi connectivity index (χ1) is 11.4. The van der Waals surface area contributed by atoms with Crippen molar-refractivity contribution < 1.29 is 17.7 Å². The third-order valence-corrected chi connectivity index (χ3v) is 4.23. The third kappa shape index (κ3) is 3.91. The molecule has 7 nitrogen and oxygen atoms in total. The molecular formula is C15H12ClN3O4S. The van der Waals surface area contributed by atoms with Crippen molar-refractivity contribution in [1.29, 1.82) is 0 Å². The van der Waals surface area contributed by atoms with E-state index in [-0.39, 0.29) is 17.4 Å². The summed E-state index contributed by atoms with van der Waals surface area (Å²) in [5, 5.41) is 9.45. The molecule has 0 spiro atoms. The molecule has 2 N–H and O–H groups in total. The minimum absolute atomic E-state index is 0.0132. The summed E-state index contributed by atoms with van der Waals surface area (Å²) in [6, 6.07) is 12.8. The predicted octanol–water partition coefficient (Wildman–Crippen LogP) is 2.62. The van der Waals surface area contributed by atoms with E-state index in [9.17, 15) is 8.42 Å². The second-order valence-corrected chi connectivity index (χ2v) is 6.83. The highest BCUT2D eigenvalue weighted by Gasteiger charge is 2.12. The fourth-order valence-electron chi connectivity index (χ4n) is 1.93. The van der Waals surface area contributed by atoms with Crippen LogP contribution in [-0.2, 0) is 16.6 Å². The highest BCUT2D eigenvalue weighted by Crippen LogP contribution is 2.20. The molecule has 3 rings (SSSR count). The van der Waals surface area contributed by atoms with Crippen molar-refractivity contribution in [3.05, 3.63) is 59.4 Å². The van der Waals surface area contributed by atoms with E-state index in [1.807, 2.05) is 0 Å². The van der Waals surface area contributed by atoms with Gasteiger partial charge in [-0.05, 0) is 42.5 Å². The monoisotopic (exact) mass is 365 g/mol. The smallest absolute Gasteiger partial charge is 0.264 e. The minimum atomic E-state index is -3.73. The maximum Gasteiger partial charge on any atom is 0.264 e. The van der Waals surface area contributed by atoms with Crippen LogP contribution >= 0.6 is 11.6 Å². The SMILES string of the molecule is NS(=O)(=O)c1ccc(-c2noc(COc3cccc(Cl)c3)n2)cc1. The van der Waals surface area contributed by atoms with Crippen LogP contribution in [0.2, 0.25) is 5.02 Å². The molecule has 0 radical (unpaired) electrons. The number of aromatic nitrogens is 2. The first-order valence-corrected chi connectivity index (χ1v) is 8.68. The number of sulfonamides is 1. The molecule has 0 unspecified atom stereocenters. The van der Waals surface area contributed by atoms with Crippen LogP contribution in [0.25, 0.3) is 11.4 Å². The largest absolute Gasteiger partial charge is 0.484 e. The predicted molar refractivity (Wildman–Crippen MR) is 86.9 cm³/mol. The Bertz CT molecular complexity index is 955. The van der Waals surface area contributed by atoms with Gasteiger partial charge < -0.3 is 9.26 Å². The lowest BCUT2D eigenvalue weighted by molar-refractivity contribution is 0.243. The molecule has 0 amide bonds. The Kier molecular flexibility index (Phi) is 4.52. The lowest BCUT2D eigenvalue weighted by Gasteiger charge is -2.02. The average molecular weight is 366 g/mol. The quantitative estimate of drug-likeness (QED) is 0.744. The van der Waals surface area contributed by atoms with Gasteiger partial charge in [0.1, 0.15) is 5.75 Å². The van der Waals surface area contributed by atoms with Crippen LogP contribution in [-0.4, -0.2) is 18.6 Å². The van der Waals surface area contributed by atoms with E-state index in [1.54, 1.807) is 36.4 Å². The molecule has 0 atom stereocenters. The van der Waals surface area contributed by atoms with E-state index < -0.39 is 10.0 Å². The fourth-order valence-corrected chi connectivity index (χ4v) is 2.62. The van der Waals surface area contributed by atoms with Gasteiger partial charge in [-0.3, -0.25) is 0 Å². The Labute approximate surface area is 143 Å². The van der Waals surface area contributed by atoms with Crippen molar-refractivity contribution in [2.75, 3.05) is 0 Å². The Morgan fingerprint density at radius 1 is 1.17 bits per heavy atom. The summed E-state index contributed by atoms with van der Waals surface area (Å²) in [6.07, 6.45) is 0. The summed E-state index contributed by atoms with van der Waals surface area (Å²) >= 11 is 5.87. The van der Waals surface area contributed by atoms with Gasteiger partial charge in [-0.1, -0.05) is 22.8 Å². The van der Waals surface area contributed by atoms with E-state index in [2.05, 4.69) is 10.1 Å². The molecule has 0 fully saturated rings. The molecule has 0 bridgehead atoms. The van der Waals surface area contributed by atoms with Crippen LogP contribution in [0.3, 0.4) is 0 Å². The maximum absolute atomic E-state index is 11.2. The van der Waals surface area contributed by atoms with Crippen LogP contribution in [0, 0.1) is 0 Å². The van der Waals surface area contributed by atoms with E-state index in [1.165, 1.54) is 12.1 Å². The molecule has 0 aliphatic heterocycles. The van der Waals surface area contributed by atoms with Crippen molar-refractivity contribution >= 4 is 21.6 Å². The van der Waals surface area contributed by atoms with Crippen LogP contribution in [0.4, 0.5) is 0 Å². The van der Waals surface area contributed by atoms with Crippen molar-refractivity contribution in [1.82, 2.24) is 10.1 Å². The highest BCUT2D eigenvalue weighted by molar-refractivity contribution is 7.89. The third-order valence-electron chi connectivity index (χ3n) is 3.07. The number of hydrogen-bond donors (Lipinski definition) is 1. The number of hydrogen-bond acceptors (Lipinski definition) is 6. The van der Waals surface area contributed by atoms with Crippen LogP contribution < -0.4 is 9.88 Å². The normalized spacial score (nSPS) is 11.4. The molecule has 3 aromatic rings. The van der Waals surface area contributed by atoms with Gasteiger partial charge >= 0.3 is 0 Å². The second kappa shape index (κ2) is 6.60. The summed E-state index contributed by atoms with van der Waals surface area (Å²) in [6.45, 7) is 0.0859. The Balaban J connectivity index is 1.71. The molecule has 24 heavy (non-hydrogen) atoms. The molecule has 1 aromatic heterocycles. The van der Waals surface area contributed by atoms with Crippen LogP contribution in [0.5, 0.6) is 5.75 Å². The van der Waals surface area contributed by atoms with Crippen LogP contribution in [0.1, 0.15) is 5.89 Å². The highest BCUT2D eigenvalue weighted by atomic mass is 35.5. The molecule has 9 heteroatoms. The zero-order valence-corrected chi connectivity index (χ0v) is 13.8. The van der Waals surface area contributed by atoms with E-state index in [4.69, 9.17) is 26.0 Å². The first kappa shape index (κ1) is 16.4. The summed E-state index contributed by atoms with van der Waals surface area (Å²) in [4.78, 5) is 4.21. The topological polar surface area (TPSA) is 108 Å². The lowest BCUT2D eigenvalue weighted by Crippen LogP contribution is -2.11. The van der Waals surface area contributed by atoms with Crippen LogP contribution in [0.15, 0.2) is 57.9 Å². The molecule has 1 heterocycles. The van der Waals surface area contributed by atoms with E-state index in [0.717, 1.165) is 0 Å². The maximum atomic E-state index is 11.2. The van der Waals surface area contributed by atoms with Gasteiger partial charge in [0.15, 0.2) is 6.61 Å². The zero-order chi connectivity index (χ0) is 17.2. The minimum Gasteiger partial charge on any atom is -0.484 e. The van der Waals surface area contributed by atoms with Gasteiger partial charge in [-0.25, -0.2) is 13.6 Å². The lowest BCUT2D eigenvalue weighted by atomic mass is 10.2. The second-order valence-electron chi connectivity index (χ2n) is 4.83. The summed E-state index contributed by atoms with van der Waals surface area (Å²) in [5.41, 5.74) is 0.597. The fraction of sp³-hybridized carbons (Fsp3) is 0.0667. The van der Waals surface area contributed by atoms with E-state index in [0.29, 0.717) is 22.2 Å². The van der Waals surface area contributed by atoms with Gasteiger partial charge in [0.25, 0.3) is 5.89 Å². The van der Waals surface area contributed by atoms with Gasteiger partial charge in [-0.2, -0.15) is 4.98 Å². The standard InChI is InChI=1S/C15H12ClN3O4S/c16-11-2-1-3-12(8-11)22-9-14-18-15(19-23-14)10-4-6-13(7-5-10)24(17,20)21/h1-8H,9H2,(H2,17,20,21). The van der Waals surface area contributed by atoms with E-state index >= 15 is 0 Å². The van der Waals surface area contributed by atoms with Crippen molar-refractivity contribution in [2.45, 2.75) is 11.5 Å². The number of halogens is 1. The van der Waals surface area contributed by atoms with Gasteiger partial charge in [0, 0.05) is 10.6 Å². The molecule has 2 aromatic carbocycles. The number of benzene rings is 2. The molecule has 0 saturated heterocycles. The molecule has 0 aliphatic carbocycles. The van der Waals surface area contributed by atoms with Gasteiger partial charge in [0.05, 0.1) is 4.90 Å². The Morgan fingerprint density at radius 3 is 2.58 bits per heavy atom. The Morgan fingerprint density at radius 2 is 1.92 bits per heavy atom. The average Bonchev–Trinajstić information content (AvgIpc) is 3.01. The van der Waals surface area contributed by atoms with Crippen molar-refractivity contribution in [2.24, 2.45) is 5.14 Å². The Hall–Kier alpha value is -2.42. The molecule has 124 valence electrons. The van der Waals surface area contributed by atoms with Gasteiger partial charge in [-0.15, -0.1) is 0 Å². The molecule has 0 saturated carbocycles. The van der Waals surface area contributed by atoms with Crippen molar-refractivity contribution in [3.63, 3.8) is 0 Å². The number of nitrogens with zero attached hydrogens (tertiary/aromatic N) is 2. The number of nitrogens with two attached hydrogens (primary N) is 1. The zero-order valence-electron chi connectivity index (χ0n) is 12.2. The molecular weight excluding hydrogens is 354 g/mol. The summed E-state index contributed by atoms with van der Waals surface area (Å²) in [5.74, 6) is 1.18. The number of primary sulfonamides is 1. The summed E-state index contributed by atoms with van der Waals surface area (Å²) < 4.78 is 33.1. The number of ether oxygens (including phenoxy) is 1. The van der Waals surface area contributed by atoms with Crippen molar-refractivity contribution in [3.8, 4) is 17.1 Å². The number of rotatable bonds is 5. The summed E-state index contributed by atoms with van der Waals surface area (Å²) in [7, 11) is -3.73. The molecule has 0 aliphatic rings. The van der Waals surface area contributed by atoms with Gasteiger partial charge in [0.2, 0.25) is 15.8 Å². The first-order valence-electron chi connectivity index (χ1n) is 6.76.